The summed E-state index contributed by atoms with van der Waals surface area (Å²) in [6.45, 7) is 14.7. The van der Waals surface area contributed by atoms with Crippen molar-refractivity contribution in [2.24, 2.45) is 0 Å². The largest absolute Gasteiger partial charge is 0.359 e. The molecule has 0 radical (unpaired) electrons. The van der Waals surface area contributed by atoms with Crippen molar-refractivity contribution < 1.29 is 0 Å². The molecule has 7 aliphatic rings. The zero-order valence-corrected chi connectivity index (χ0v) is 42.6. The molecule has 0 saturated heterocycles. The molecule has 0 amide bonds. The van der Waals surface area contributed by atoms with Gasteiger partial charge in [0.05, 0.1) is 25.4 Å². The number of hydrogen-bond acceptors (Lipinski definition) is 12. The molecule has 300 valence electrons. The van der Waals surface area contributed by atoms with E-state index in [2.05, 4.69) is 129 Å². The molecule has 6 aromatic rings. The zero-order chi connectivity index (χ0) is 40.4. The minimum Gasteiger partial charge on any atom is -0.359 e. The van der Waals surface area contributed by atoms with E-state index < -0.39 is 0 Å². The minimum atomic E-state index is -0.333. The molecule has 3 N–H and O–H groups in total. The second-order valence-corrected chi connectivity index (χ2v) is 30.8. The van der Waals surface area contributed by atoms with Crippen molar-refractivity contribution in [2.75, 3.05) is 0 Å². The number of hydrogen-bond donors (Lipinski definition) is 3. The lowest BCUT2D eigenvalue weighted by Gasteiger charge is -2.30. The van der Waals surface area contributed by atoms with Crippen molar-refractivity contribution in [2.45, 2.75) is 117 Å². The smallest absolute Gasteiger partial charge is 0.0707 e. The van der Waals surface area contributed by atoms with Crippen LogP contribution in [0.1, 0.15) is 75.7 Å². The standard InChI is InChI=1S/C45H33N3S12/c1-43(2)31-25-27(57-40(55-25)37-49-19-13-7-8-14-20(19)50-37)33(46-31)44(3,4)35-29-30(60-42(59-29)39-53-23-17-11-12-18-24(23)54-39)36(48-35)45(5,6)34-28-26(32(43)47-34)56-41(58-28)38-51-21-15-9-10-16-22(21)52-38/h7-18,46-48H,1-6H3. The molecule has 0 aliphatic carbocycles. The average molecular weight is 1000 g/mol. The molecule has 13 rings (SSSR count). The second kappa shape index (κ2) is 14.0. The molecule has 3 nitrogen and oxygen atoms in total. The van der Waals surface area contributed by atoms with E-state index in [1.165, 1.54) is 118 Å². The van der Waals surface area contributed by atoms with Crippen LogP contribution in [0.3, 0.4) is 0 Å². The van der Waals surface area contributed by atoms with Gasteiger partial charge in [-0.05, 0) is 77.9 Å². The fraction of sp³-hybridized carbons (Fsp3) is 0.200. The number of nitrogens with one attached hydrogen (secondary N) is 3. The number of aromatic amines is 3. The Kier molecular flexibility index (Phi) is 9.15. The molecule has 0 saturated carbocycles. The van der Waals surface area contributed by atoms with Crippen molar-refractivity contribution >= 4 is 141 Å². The van der Waals surface area contributed by atoms with Crippen LogP contribution in [0.2, 0.25) is 0 Å². The Morgan fingerprint density at radius 1 is 0.267 bits per heavy atom. The van der Waals surface area contributed by atoms with E-state index in [1.807, 2.05) is 141 Å². The van der Waals surface area contributed by atoms with Gasteiger partial charge in [-0.1, -0.05) is 178 Å². The lowest BCUT2D eigenvalue weighted by molar-refractivity contribution is 0.533. The molecular weight excluding hydrogens is 967 g/mol. The first-order valence-corrected chi connectivity index (χ1v) is 29.2. The third-order valence-corrected chi connectivity index (χ3v) is 29.0. The van der Waals surface area contributed by atoms with E-state index in [4.69, 9.17) is 0 Å². The van der Waals surface area contributed by atoms with E-state index >= 15 is 0 Å². The van der Waals surface area contributed by atoms with Crippen molar-refractivity contribution in [3.63, 3.8) is 0 Å². The van der Waals surface area contributed by atoms with Gasteiger partial charge in [0.2, 0.25) is 0 Å². The Hall–Kier alpha value is -1.08. The molecule has 0 unspecified atom stereocenters. The highest BCUT2D eigenvalue weighted by Gasteiger charge is 2.50. The first kappa shape index (κ1) is 39.3. The summed E-state index contributed by atoms with van der Waals surface area (Å²) in [7, 11) is 0. The molecular formula is C45H33N3S12. The summed E-state index contributed by atoms with van der Waals surface area (Å²) in [6, 6.07) is 26.6. The number of fused-ring (bicyclic) bond motifs is 18. The van der Waals surface area contributed by atoms with Gasteiger partial charge in [0.25, 0.3) is 0 Å². The maximum atomic E-state index is 4.25. The molecule has 7 aliphatic heterocycles. The van der Waals surface area contributed by atoms with Gasteiger partial charge in [-0.3, -0.25) is 0 Å². The summed E-state index contributed by atoms with van der Waals surface area (Å²) < 4.78 is 8.39. The number of thioether (sulfide) groups is 12. The zero-order valence-electron chi connectivity index (χ0n) is 32.8. The van der Waals surface area contributed by atoms with Crippen LogP contribution in [-0.4, -0.2) is 15.0 Å². The van der Waals surface area contributed by atoms with Crippen molar-refractivity contribution in [1.82, 2.24) is 15.0 Å². The van der Waals surface area contributed by atoms with Crippen LogP contribution in [0.15, 0.2) is 157 Å². The second-order valence-electron chi connectivity index (χ2n) is 16.8. The molecule has 0 atom stereocenters. The van der Waals surface area contributed by atoms with E-state index in [0.717, 1.165) is 0 Å². The normalized spacial score (nSPS) is 20.9. The fourth-order valence-corrected chi connectivity index (χ4v) is 26.1. The Balaban J connectivity index is 1.01. The third-order valence-electron chi connectivity index (χ3n) is 11.9. The topological polar surface area (TPSA) is 47.4 Å². The third kappa shape index (κ3) is 5.75. The van der Waals surface area contributed by atoms with Crippen LogP contribution in [0.5, 0.6) is 0 Å². The quantitative estimate of drug-likeness (QED) is 0.136. The van der Waals surface area contributed by atoms with Crippen molar-refractivity contribution in [3.8, 4) is 0 Å². The average Bonchev–Trinajstić information content (AvgIpc) is 4.05. The highest BCUT2D eigenvalue weighted by molar-refractivity contribution is 8.32. The van der Waals surface area contributed by atoms with Gasteiger partial charge < -0.3 is 15.0 Å². The van der Waals surface area contributed by atoms with Gasteiger partial charge in [0, 0.05) is 109 Å². The highest BCUT2D eigenvalue weighted by atomic mass is 32.2. The summed E-state index contributed by atoms with van der Waals surface area (Å²) in [5.74, 6) is 0. The molecule has 6 bridgehead atoms. The Morgan fingerprint density at radius 2 is 0.433 bits per heavy atom. The van der Waals surface area contributed by atoms with Gasteiger partial charge in [0.1, 0.15) is 0 Å². The molecule has 0 fully saturated rings. The van der Waals surface area contributed by atoms with Crippen LogP contribution in [-0.2, 0) is 16.2 Å². The summed E-state index contributed by atoms with van der Waals surface area (Å²) in [5.41, 5.74) is 6.84. The Morgan fingerprint density at radius 3 is 0.617 bits per heavy atom. The van der Waals surface area contributed by atoms with Crippen LogP contribution < -0.4 is 0 Å². The van der Waals surface area contributed by atoms with E-state index in [-0.39, 0.29) is 16.2 Å². The minimum absolute atomic E-state index is 0.333. The first-order chi connectivity index (χ1) is 28.9. The SMILES string of the molecule is CC1(C)c2[nH]c(c3c2SC(=C2Sc4ccccc4S2)S3)C(C)(C)c2[nH]c(c3c2SC(=C2Sc4ccccc4S2)S3)C(C)(C)c2[nH]c1c1c2SC(=C2Sc3ccccc3S2)S1. The summed E-state index contributed by atoms with van der Waals surface area (Å²) in [6.07, 6.45) is 0. The van der Waals surface area contributed by atoms with E-state index in [1.54, 1.807) is 0 Å². The lowest BCUT2D eigenvalue weighted by Crippen LogP contribution is -2.27. The molecule has 3 aromatic heterocycles. The van der Waals surface area contributed by atoms with Crippen LogP contribution in [0, 0.1) is 0 Å². The van der Waals surface area contributed by atoms with E-state index in [0.29, 0.717) is 0 Å². The molecule has 15 heteroatoms. The van der Waals surface area contributed by atoms with Crippen molar-refractivity contribution in [3.05, 3.63) is 132 Å². The van der Waals surface area contributed by atoms with Gasteiger partial charge in [-0.25, -0.2) is 0 Å². The fourth-order valence-electron chi connectivity index (χ4n) is 8.63. The lowest BCUT2D eigenvalue weighted by atomic mass is 9.85. The first-order valence-electron chi connectivity index (χ1n) is 19.4. The maximum absolute atomic E-state index is 4.25. The number of H-pyrrole nitrogens is 3. The Bertz CT molecular complexity index is 2540. The van der Waals surface area contributed by atoms with Gasteiger partial charge >= 0.3 is 0 Å². The van der Waals surface area contributed by atoms with Gasteiger partial charge in [-0.15, -0.1) is 0 Å². The monoisotopic (exact) mass is 999 g/mol. The van der Waals surface area contributed by atoms with Gasteiger partial charge in [-0.2, -0.15) is 0 Å². The molecule has 0 spiro atoms. The van der Waals surface area contributed by atoms with Crippen LogP contribution in [0.25, 0.3) is 0 Å². The highest BCUT2D eigenvalue weighted by Crippen LogP contribution is 2.70. The maximum Gasteiger partial charge on any atom is 0.0707 e. The number of aromatic nitrogens is 3. The number of benzene rings is 3. The predicted molar refractivity (Wildman–Crippen MR) is 269 cm³/mol. The molecule has 3 aromatic carbocycles. The number of rotatable bonds is 0. The van der Waals surface area contributed by atoms with Crippen LogP contribution in [0.4, 0.5) is 0 Å². The summed E-state index contributed by atoms with van der Waals surface area (Å²) >= 11 is 23.5. The van der Waals surface area contributed by atoms with Gasteiger partial charge in [0.15, 0.2) is 0 Å². The van der Waals surface area contributed by atoms with Crippen molar-refractivity contribution in [1.29, 1.82) is 0 Å². The summed E-state index contributed by atoms with van der Waals surface area (Å²) in [4.78, 5) is 29.2. The van der Waals surface area contributed by atoms with Crippen LogP contribution >= 0.6 is 141 Å². The van der Waals surface area contributed by atoms with E-state index in [9.17, 15) is 0 Å². The molecule has 60 heavy (non-hydrogen) atoms. The Labute approximate surface area is 400 Å². The molecule has 10 heterocycles. The predicted octanol–water partition coefficient (Wildman–Crippen LogP) is 17.6. The summed E-state index contributed by atoms with van der Waals surface area (Å²) in [5, 5.41) is 0.